The van der Waals surface area contributed by atoms with Gasteiger partial charge < -0.3 is 4.79 Å². The molecule has 0 unspecified atom stereocenters. The molecule has 0 saturated heterocycles. The summed E-state index contributed by atoms with van der Waals surface area (Å²) in [5.41, 5.74) is 0. The molecule has 0 amide bonds. The molecule has 0 aromatic heterocycles. The topological polar surface area (TPSA) is 17.1 Å². The molecule has 1 aliphatic carbocycles. The van der Waals surface area contributed by atoms with Gasteiger partial charge >= 0.3 is 0 Å². The van der Waals surface area contributed by atoms with E-state index in [1.54, 1.807) is 0 Å². The van der Waals surface area contributed by atoms with Crippen LogP contribution in [0.5, 0.6) is 0 Å². The zero-order valence-electron chi connectivity index (χ0n) is 4.66. The lowest BCUT2D eigenvalue weighted by atomic mass is 10.5. The van der Waals surface area contributed by atoms with Gasteiger partial charge in [0.15, 0.2) is 0 Å². The van der Waals surface area contributed by atoms with Crippen molar-refractivity contribution in [3.05, 3.63) is 0 Å². The zero-order chi connectivity index (χ0) is 6.62. The van der Waals surface area contributed by atoms with E-state index in [9.17, 15) is 4.79 Å². The van der Waals surface area contributed by atoms with Gasteiger partial charge in [0.05, 0.1) is 4.32 Å². The Bertz CT molecular complexity index is 80.5. The summed E-state index contributed by atoms with van der Waals surface area (Å²) in [6, 6.07) is 0. The number of aldehydes is 1. The number of hydrogen-bond donors (Lipinski definition) is 0. The van der Waals surface area contributed by atoms with Crippen LogP contribution in [0, 0.1) is 0 Å². The van der Waals surface area contributed by atoms with Gasteiger partial charge in [0.1, 0.15) is 6.29 Å². The van der Waals surface area contributed by atoms with Crippen LogP contribution in [0.15, 0.2) is 0 Å². The number of alkyl halides is 2. The second kappa shape index (κ2) is 3.82. The summed E-state index contributed by atoms with van der Waals surface area (Å²) >= 11 is 5.37. The molecule has 48 valence electrons. The summed E-state index contributed by atoms with van der Waals surface area (Å²) in [5, 5.41) is 0. The molecular weight excluding hydrogens is 283 g/mol. The average Bonchev–Trinajstić information content (AvgIpc) is 2.55. The molecule has 0 atom stereocenters. The highest BCUT2D eigenvalue weighted by atomic mass is 127. The molecule has 1 nitrogen and oxygen atoms in total. The smallest absolute Gasteiger partial charge is 0.136 e. The maximum Gasteiger partial charge on any atom is 0.136 e. The Hall–Kier alpha value is 0.880. The lowest BCUT2D eigenvalue weighted by Gasteiger charge is -1.82. The van der Waals surface area contributed by atoms with Crippen LogP contribution in [-0.2, 0) is 4.79 Å². The quantitative estimate of drug-likeness (QED) is 0.411. The predicted molar refractivity (Wildman–Crippen MR) is 46.9 cm³/mol. The summed E-state index contributed by atoms with van der Waals surface area (Å²) in [6.07, 6.45) is 3.01. The van der Waals surface area contributed by atoms with Gasteiger partial charge in [-0.15, -0.1) is 0 Å². The molecular formula is C5H8BrIO. The van der Waals surface area contributed by atoms with Crippen LogP contribution in [0.3, 0.4) is 0 Å². The number of hydrogen-bond acceptors (Lipinski definition) is 1. The fourth-order valence-electron chi connectivity index (χ4n) is 0.237. The molecule has 1 saturated carbocycles. The highest BCUT2D eigenvalue weighted by Gasteiger charge is 2.39. The van der Waals surface area contributed by atoms with Gasteiger partial charge in [-0.05, 0) is 17.8 Å². The SMILES string of the molecule is CI.O=CC1(Br)CC1. The molecule has 1 aliphatic rings. The first-order valence-electron chi connectivity index (χ1n) is 2.30. The monoisotopic (exact) mass is 290 g/mol. The lowest BCUT2D eigenvalue weighted by molar-refractivity contribution is -0.107. The van der Waals surface area contributed by atoms with Crippen molar-refractivity contribution in [2.24, 2.45) is 0 Å². The van der Waals surface area contributed by atoms with Crippen molar-refractivity contribution in [1.29, 1.82) is 0 Å². The molecule has 0 bridgehead atoms. The summed E-state index contributed by atoms with van der Waals surface area (Å²) in [6.45, 7) is 0. The Balaban J connectivity index is 0.000000222. The van der Waals surface area contributed by atoms with Crippen molar-refractivity contribution in [2.75, 3.05) is 4.93 Å². The van der Waals surface area contributed by atoms with E-state index in [0.717, 1.165) is 19.1 Å². The number of carbonyl (C=O) groups is 1. The summed E-state index contributed by atoms with van der Waals surface area (Å²) in [4.78, 5) is 11.8. The van der Waals surface area contributed by atoms with Gasteiger partial charge in [0.25, 0.3) is 0 Å². The second-order valence-electron chi connectivity index (χ2n) is 1.65. The van der Waals surface area contributed by atoms with Gasteiger partial charge in [0, 0.05) is 0 Å². The van der Waals surface area contributed by atoms with E-state index in [4.69, 9.17) is 0 Å². The molecule has 0 N–H and O–H groups in total. The van der Waals surface area contributed by atoms with E-state index in [1.165, 1.54) is 0 Å². The van der Waals surface area contributed by atoms with Crippen LogP contribution < -0.4 is 0 Å². The van der Waals surface area contributed by atoms with Crippen LogP contribution in [0.2, 0.25) is 0 Å². The fourth-order valence-corrected chi connectivity index (χ4v) is 0.436. The van der Waals surface area contributed by atoms with Gasteiger partial charge in [-0.2, -0.15) is 0 Å². The minimum absolute atomic E-state index is 0.0764. The maximum atomic E-state index is 9.84. The minimum atomic E-state index is -0.0764. The second-order valence-corrected chi connectivity index (χ2v) is 3.23. The Morgan fingerprint density at radius 1 is 1.62 bits per heavy atom. The van der Waals surface area contributed by atoms with Crippen LogP contribution in [0.25, 0.3) is 0 Å². The van der Waals surface area contributed by atoms with Gasteiger partial charge in [-0.3, -0.25) is 0 Å². The van der Waals surface area contributed by atoms with Crippen molar-refractivity contribution < 1.29 is 4.79 Å². The highest BCUT2D eigenvalue weighted by molar-refractivity contribution is 14.1. The Morgan fingerprint density at radius 2 is 2.00 bits per heavy atom. The maximum absolute atomic E-state index is 9.84. The van der Waals surface area contributed by atoms with Gasteiger partial charge in [-0.1, -0.05) is 38.5 Å². The largest absolute Gasteiger partial charge is 0.302 e. The van der Waals surface area contributed by atoms with E-state index in [0.29, 0.717) is 0 Å². The van der Waals surface area contributed by atoms with E-state index >= 15 is 0 Å². The first kappa shape index (κ1) is 8.88. The fraction of sp³-hybridized carbons (Fsp3) is 0.800. The molecule has 0 heterocycles. The Morgan fingerprint density at radius 3 is 2.00 bits per heavy atom. The van der Waals surface area contributed by atoms with Crippen molar-refractivity contribution in [3.63, 3.8) is 0 Å². The van der Waals surface area contributed by atoms with Crippen LogP contribution in [0.4, 0.5) is 0 Å². The molecule has 1 fully saturated rings. The third-order valence-electron chi connectivity index (χ3n) is 0.939. The molecule has 1 rings (SSSR count). The van der Waals surface area contributed by atoms with E-state index in [-0.39, 0.29) is 4.32 Å². The number of carbonyl (C=O) groups excluding carboxylic acids is 1. The summed E-state index contributed by atoms with van der Waals surface area (Å²) < 4.78 is -0.0764. The number of rotatable bonds is 1. The van der Waals surface area contributed by atoms with Crippen molar-refractivity contribution in [3.8, 4) is 0 Å². The van der Waals surface area contributed by atoms with Gasteiger partial charge in [-0.25, -0.2) is 0 Å². The van der Waals surface area contributed by atoms with Crippen LogP contribution in [0.1, 0.15) is 12.8 Å². The van der Waals surface area contributed by atoms with E-state index < -0.39 is 0 Å². The molecule has 0 spiro atoms. The Kier molecular flexibility index (Phi) is 4.24. The number of halogens is 2. The van der Waals surface area contributed by atoms with Crippen molar-refractivity contribution in [2.45, 2.75) is 17.2 Å². The standard InChI is InChI=1S/C4H5BrO.CH3I/c5-4(3-6)1-2-4;1-2/h3H,1-2H2;1H3. The van der Waals surface area contributed by atoms with Crippen molar-refractivity contribution in [1.82, 2.24) is 0 Å². The highest BCUT2D eigenvalue weighted by Crippen LogP contribution is 2.41. The molecule has 0 aromatic rings. The third-order valence-corrected chi connectivity index (χ3v) is 1.92. The lowest BCUT2D eigenvalue weighted by Crippen LogP contribution is -1.94. The van der Waals surface area contributed by atoms with Crippen LogP contribution in [-0.4, -0.2) is 15.5 Å². The first-order chi connectivity index (χ1) is 3.77. The third kappa shape index (κ3) is 3.02. The van der Waals surface area contributed by atoms with Gasteiger partial charge in [0.2, 0.25) is 0 Å². The van der Waals surface area contributed by atoms with E-state index in [1.807, 2.05) is 4.93 Å². The molecule has 0 aliphatic heterocycles. The first-order valence-corrected chi connectivity index (χ1v) is 5.25. The zero-order valence-corrected chi connectivity index (χ0v) is 8.40. The van der Waals surface area contributed by atoms with Crippen LogP contribution >= 0.6 is 38.5 Å². The molecule has 3 heteroatoms. The Labute approximate surface area is 71.5 Å². The summed E-state index contributed by atoms with van der Waals surface area (Å²) in [5.74, 6) is 0. The van der Waals surface area contributed by atoms with Crippen molar-refractivity contribution >= 4 is 44.8 Å². The molecule has 0 radical (unpaired) electrons. The minimum Gasteiger partial charge on any atom is -0.302 e. The normalized spacial score (nSPS) is 20.4. The molecule has 0 aromatic carbocycles. The predicted octanol–water partition coefficient (Wildman–Crippen LogP) is 2.16. The molecule has 8 heavy (non-hydrogen) atoms. The summed E-state index contributed by atoms with van der Waals surface area (Å²) in [7, 11) is 0. The average molecular weight is 291 g/mol. The van der Waals surface area contributed by atoms with E-state index in [2.05, 4.69) is 38.5 Å².